The summed E-state index contributed by atoms with van der Waals surface area (Å²) in [5.41, 5.74) is 5.38. The van der Waals surface area contributed by atoms with Gasteiger partial charge in [0.2, 0.25) is 0 Å². The van der Waals surface area contributed by atoms with Crippen molar-refractivity contribution in [2.45, 2.75) is 24.7 Å². The average molecular weight is 779 g/mol. The lowest BCUT2D eigenvalue weighted by Crippen LogP contribution is -2.44. The fourth-order valence-corrected chi connectivity index (χ4v) is 23.9. The molecule has 0 fully saturated rings. The van der Waals surface area contributed by atoms with Gasteiger partial charge in [0.05, 0.1) is 5.41 Å². The highest BCUT2D eigenvalue weighted by Crippen LogP contribution is 2.83. The van der Waals surface area contributed by atoms with Gasteiger partial charge in [0.1, 0.15) is 5.78 Å². The minimum absolute atomic E-state index is 0.0190. The highest BCUT2D eigenvalue weighted by atomic mass is 16.1. The van der Waals surface area contributed by atoms with Crippen molar-refractivity contribution in [1.82, 2.24) is 0 Å². The quantitative estimate of drug-likeness (QED) is 0.160. The molecule has 1 nitrogen and oxygen atoms in total. The Morgan fingerprint density at radius 3 is 0.578 bits per heavy atom. The first-order valence-corrected chi connectivity index (χ1v) is 24.1. The van der Waals surface area contributed by atoms with Gasteiger partial charge in [-0.25, -0.2) is 0 Å². The summed E-state index contributed by atoms with van der Waals surface area (Å²) < 4.78 is 0. The maximum atomic E-state index is 16.6. The largest absolute Gasteiger partial charge is 0.298 e. The van der Waals surface area contributed by atoms with Crippen LogP contribution in [0.4, 0.5) is 0 Å². The normalized spacial score (nSPS) is 21.5. The van der Waals surface area contributed by atoms with Gasteiger partial charge in [0.25, 0.3) is 0 Å². The summed E-state index contributed by atoms with van der Waals surface area (Å²) in [6.45, 7) is 2.22. The Kier molecular flexibility index (Phi) is 1.81. The van der Waals surface area contributed by atoms with Gasteiger partial charge >= 0.3 is 0 Å². The second kappa shape index (κ2) is 5.03. The molecule has 32 rings (SSSR count). The van der Waals surface area contributed by atoms with Crippen LogP contribution in [0.2, 0.25) is 0 Å². The first-order valence-electron chi connectivity index (χ1n) is 24.1. The third-order valence-electron chi connectivity index (χ3n) is 23.9. The SMILES string of the molecule is CCC(=O)C12c3c4c5c6c7c8c(c9c%10c1c1c3c3c%11c4c4c5c5c7c7c%12c8c8c9c9c%10c%10c1c1c3c3c%11c%11c4c4c5c7c5c7c%12c8c8c9c9c%10c1c1c3c3c%11c4c5c4c7c8c9c1c34)C62. The molecule has 0 heterocycles. The molecule has 0 unspecified atom stereocenters. The molecule has 4 aliphatic rings. The van der Waals surface area contributed by atoms with Crippen molar-refractivity contribution in [2.75, 3.05) is 0 Å². The lowest BCUT2D eigenvalue weighted by Gasteiger charge is -2.44. The van der Waals surface area contributed by atoms with Crippen molar-refractivity contribution >= 4 is 297 Å². The molecule has 64 heavy (non-hydrogen) atoms. The Morgan fingerprint density at radius 2 is 0.391 bits per heavy atom. The van der Waals surface area contributed by atoms with E-state index in [1.54, 1.807) is 280 Å². The van der Waals surface area contributed by atoms with Crippen LogP contribution < -0.4 is 0 Å². The van der Waals surface area contributed by atoms with E-state index >= 15 is 4.79 Å². The molecule has 264 valence electrons. The molecule has 0 spiro atoms. The zero-order valence-electron chi connectivity index (χ0n) is 32.7. The first-order chi connectivity index (χ1) is 31.8. The van der Waals surface area contributed by atoms with Crippen molar-refractivity contribution < 1.29 is 4.79 Å². The molecule has 0 radical (unpaired) electrons. The summed E-state index contributed by atoms with van der Waals surface area (Å²) >= 11 is 0. The molecular formula is C63H6O. The van der Waals surface area contributed by atoms with E-state index in [0.29, 0.717) is 12.2 Å². The van der Waals surface area contributed by atoms with Crippen LogP contribution in [0.25, 0.3) is 291 Å². The molecule has 0 amide bonds. The highest BCUT2D eigenvalue weighted by Gasteiger charge is 2.65. The van der Waals surface area contributed by atoms with E-state index in [2.05, 4.69) is 6.92 Å². The van der Waals surface area contributed by atoms with Crippen molar-refractivity contribution in [2.24, 2.45) is 0 Å². The van der Waals surface area contributed by atoms with Crippen molar-refractivity contribution in [1.29, 1.82) is 0 Å². The van der Waals surface area contributed by atoms with Gasteiger partial charge in [-0.15, -0.1) is 0 Å². The van der Waals surface area contributed by atoms with E-state index in [9.17, 15) is 0 Å². The van der Waals surface area contributed by atoms with Crippen LogP contribution >= 0.6 is 0 Å². The van der Waals surface area contributed by atoms with Crippen LogP contribution in [0.1, 0.15) is 41.5 Å². The van der Waals surface area contributed by atoms with Gasteiger partial charge in [-0.05, 0) is 313 Å². The molecule has 1 heteroatoms. The molecule has 0 saturated heterocycles. The van der Waals surface area contributed by atoms with Crippen molar-refractivity contribution in [3.63, 3.8) is 0 Å². The van der Waals surface area contributed by atoms with Crippen LogP contribution in [-0.2, 0) is 10.2 Å². The van der Waals surface area contributed by atoms with Gasteiger partial charge in [0.15, 0.2) is 0 Å². The van der Waals surface area contributed by atoms with E-state index in [-0.39, 0.29) is 5.92 Å². The van der Waals surface area contributed by atoms with E-state index in [1.807, 2.05) is 0 Å². The summed E-state index contributed by atoms with van der Waals surface area (Å²) in [4.78, 5) is 16.6. The van der Waals surface area contributed by atoms with Crippen LogP contribution in [0.5, 0.6) is 0 Å². The number of hydrogen-bond acceptors (Lipinski definition) is 1. The highest BCUT2D eigenvalue weighted by molar-refractivity contribution is 6.82. The lowest BCUT2D eigenvalue weighted by molar-refractivity contribution is -0.123. The van der Waals surface area contributed by atoms with Gasteiger partial charge in [0, 0.05) is 12.3 Å². The van der Waals surface area contributed by atoms with Gasteiger partial charge in [-0.1, -0.05) is 6.92 Å². The maximum Gasteiger partial charge on any atom is 0.148 e. The molecule has 0 aromatic heterocycles. The predicted molar refractivity (Wildman–Crippen MR) is 270 cm³/mol. The summed E-state index contributed by atoms with van der Waals surface area (Å²) in [7, 11) is 0. The molecule has 0 atom stereocenters. The van der Waals surface area contributed by atoms with Crippen molar-refractivity contribution in [3.8, 4) is 0 Å². The van der Waals surface area contributed by atoms with Gasteiger partial charge < -0.3 is 0 Å². The zero-order valence-corrected chi connectivity index (χ0v) is 32.7. The molecule has 0 aliphatic heterocycles. The fourth-order valence-electron chi connectivity index (χ4n) is 23.9. The summed E-state index contributed by atoms with van der Waals surface area (Å²) in [6.07, 6.45) is 0.563. The number of ketones is 1. The second-order valence-corrected chi connectivity index (χ2v) is 23.8. The number of rotatable bonds is 2. The maximum absolute atomic E-state index is 16.6. The average Bonchev–Trinajstić information content (AvgIpc) is 4.15. The Bertz CT molecular complexity index is 6750. The van der Waals surface area contributed by atoms with Crippen LogP contribution in [-0.4, -0.2) is 5.78 Å². The smallest absolute Gasteiger partial charge is 0.148 e. The molecule has 28 aromatic rings. The molecule has 4 aliphatic carbocycles. The van der Waals surface area contributed by atoms with E-state index < -0.39 is 5.41 Å². The third kappa shape index (κ3) is 1.14. The van der Waals surface area contributed by atoms with Crippen LogP contribution in [0, 0.1) is 0 Å². The molecule has 0 saturated carbocycles. The van der Waals surface area contributed by atoms with E-state index in [0.717, 1.165) is 0 Å². The Morgan fingerprint density at radius 1 is 0.250 bits per heavy atom. The second-order valence-electron chi connectivity index (χ2n) is 23.8. The molecular weight excluding hydrogens is 773 g/mol. The topological polar surface area (TPSA) is 17.1 Å². The molecule has 0 bridgehead atoms. The minimum atomic E-state index is -0.722. The monoisotopic (exact) mass is 778 g/mol. The Hall–Kier alpha value is -7.87. The van der Waals surface area contributed by atoms with Crippen LogP contribution in [0.15, 0.2) is 0 Å². The number of hydrogen-bond donors (Lipinski definition) is 0. The number of carbonyl (C=O) groups is 1. The Labute approximate surface area is 346 Å². The summed E-state index contributed by atoms with van der Waals surface area (Å²) in [5.74, 6) is 0.498. The summed E-state index contributed by atoms with van der Waals surface area (Å²) in [6, 6.07) is 0. The Balaban J connectivity index is 1.30. The van der Waals surface area contributed by atoms with Crippen molar-refractivity contribution in [3.05, 3.63) is 22.3 Å². The molecule has 0 N–H and O–H groups in total. The zero-order chi connectivity index (χ0) is 37.8. The standard InChI is InChI=1S/C63H6O/c1-2-3(64)63-60-56-50-36-28-20-8-5-4-6-9(8)21-23-19-13(6)15-11-7(4)10-14-12(5)18-22(20)34(36)42-40-26(18)24(14)32-30-16(10)17(11)31-33-25(15)27(19)41-43-35(23)37(29(21)28)51(50)57(60)53(43)55-47(41)45(33)49-39(31)38(30)48-44(32)46(40)54(52(42)56)61(63)58(48)59(49)62(55)63/h60H,2H2,1H3. The number of benzene rings is 18. The first kappa shape index (κ1) is 23.0. The van der Waals surface area contributed by atoms with E-state index in [1.165, 1.54) is 32.7 Å². The lowest BCUT2D eigenvalue weighted by atomic mass is 9.55. The molecule has 28 aromatic carbocycles. The minimum Gasteiger partial charge on any atom is -0.298 e. The summed E-state index contributed by atoms with van der Waals surface area (Å²) in [5, 5.41) is 86.2. The van der Waals surface area contributed by atoms with Gasteiger partial charge in [-0.3, -0.25) is 4.79 Å². The number of carbonyl (C=O) groups excluding carboxylic acids is 1. The van der Waals surface area contributed by atoms with Gasteiger partial charge in [-0.2, -0.15) is 0 Å². The number of Topliss-reactive ketones (excluding diaryl/α,β-unsaturated/α-hetero) is 1. The predicted octanol–water partition coefficient (Wildman–Crippen LogP) is 17.1. The third-order valence-corrected chi connectivity index (χ3v) is 23.9. The fraction of sp³-hybridized carbons (Fsp3) is 0.0635. The van der Waals surface area contributed by atoms with Crippen LogP contribution in [0.3, 0.4) is 0 Å². The van der Waals surface area contributed by atoms with E-state index in [4.69, 9.17) is 0 Å².